The lowest BCUT2D eigenvalue weighted by Crippen LogP contribution is -2.68. The summed E-state index contributed by atoms with van der Waals surface area (Å²) in [5.74, 6) is 1.90. The van der Waals surface area contributed by atoms with Crippen LogP contribution in [-0.2, 0) is 11.2 Å². The minimum Gasteiger partial charge on any atom is -0.478 e. The molecule has 1 heterocycles. The van der Waals surface area contributed by atoms with Gasteiger partial charge in [-0.3, -0.25) is 9.78 Å². The highest BCUT2D eigenvalue weighted by Crippen LogP contribution is 2.76. The van der Waals surface area contributed by atoms with Gasteiger partial charge in [-0.1, -0.05) is 71.0 Å². The van der Waals surface area contributed by atoms with Crippen LogP contribution in [0.1, 0.15) is 121 Å². The van der Waals surface area contributed by atoms with Crippen molar-refractivity contribution in [2.24, 2.45) is 51.2 Å². The summed E-state index contributed by atoms with van der Waals surface area (Å²) in [7, 11) is 0. The van der Waals surface area contributed by atoms with Crippen molar-refractivity contribution in [3.63, 3.8) is 0 Å². The van der Waals surface area contributed by atoms with Crippen molar-refractivity contribution in [3.8, 4) is 0 Å². The van der Waals surface area contributed by atoms with Crippen LogP contribution in [0.25, 0.3) is 5.57 Å². The molecule has 2 N–H and O–H groups in total. The van der Waals surface area contributed by atoms with Gasteiger partial charge in [0.25, 0.3) is 0 Å². The Morgan fingerprint density at radius 2 is 1.67 bits per heavy atom. The molecule has 2 aromatic rings. The predicted molar refractivity (Wildman–Crippen MR) is 192 cm³/mol. The molecule has 0 aliphatic heterocycles. The van der Waals surface area contributed by atoms with Crippen molar-refractivity contribution >= 4 is 17.4 Å². The van der Waals surface area contributed by atoms with Crippen molar-refractivity contribution in [2.75, 3.05) is 0 Å². The minimum atomic E-state index is -0.874. The third-order valence-electron chi connectivity index (χ3n) is 15.6. The first kappa shape index (κ1) is 33.3. The van der Waals surface area contributed by atoms with Crippen LogP contribution in [0.5, 0.6) is 0 Å². The number of carbonyl (C=O) groups is 2. The number of carboxylic acid groups (broad SMARTS) is 1. The molecule has 0 spiro atoms. The van der Waals surface area contributed by atoms with Gasteiger partial charge < -0.3 is 10.4 Å². The molecule has 0 saturated heterocycles. The average Bonchev–Trinajstić information content (AvgIpc) is 3.41. The number of rotatable bonds is 6. The van der Waals surface area contributed by atoms with E-state index < -0.39 is 5.97 Å². The Labute approximate surface area is 288 Å². The fourth-order valence-electron chi connectivity index (χ4n) is 13.3. The maximum absolute atomic E-state index is 13.7. The Balaban J connectivity index is 1.20. The number of amides is 1. The molecule has 4 saturated carbocycles. The van der Waals surface area contributed by atoms with Crippen LogP contribution in [0.15, 0.2) is 67.0 Å². The molecular formula is C43H56N2O3. The molecule has 1 aromatic carbocycles. The van der Waals surface area contributed by atoms with Crippen LogP contribution < -0.4 is 5.32 Å². The van der Waals surface area contributed by atoms with Crippen molar-refractivity contribution in [3.05, 3.63) is 83.7 Å². The molecule has 9 atom stereocenters. The highest BCUT2D eigenvalue weighted by atomic mass is 16.4. The number of allylic oxidation sites excluding steroid dienone is 3. The molecule has 0 radical (unpaired) electrons. The van der Waals surface area contributed by atoms with Gasteiger partial charge in [-0.25, -0.2) is 4.79 Å². The second-order valence-electron chi connectivity index (χ2n) is 17.9. The maximum atomic E-state index is 13.7. The van der Waals surface area contributed by atoms with E-state index in [4.69, 9.17) is 0 Å². The number of aromatic carboxylic acids is 1. The third-order valence-corrected chi connectivity index (χ3v) is 15.6. The molecule has 1 amide bonds. The summed E-state index contributed by atoms with van der Waals surface area (Å²) >= 11 is 0. The van der Waals surface area contributed by atoms with Crippen molar-refractivity contribution < 1.29 is 14.7 Å². The quantitative estimate of drug-likeness (QED) is 0.306. The summed E-state index contributed by atoms with van der Waals surface area (Å²) in [4.78, 5) is 29.5. The van der Waals surface area contributed by atoms with Gasteiger partial charge in [-0.15, -0.1) is 0 Å². The lowest BCUT2D eigenvalue weighted by molar-refractivity contribution is -0.219. The lowest BCUT2D eigenvalue weighted by Gasteiger charge is -2.72. The van der Waals surface area contributed by atoms with Crippen LogP contribution in [0.4, 0.5) is 0 Å². The number of hydrogen-bond acceptors (Lipinski definition) is 3. The van der Waals surface area contributed by atoms with Crippen LogP contribution in [0.2, 0.25) is 0 Å². The van der Waals surface area contributed by atoms with E-state index in [1.807, 2.05) is 30.5 Å². The molecular weight excluding hydrogens is 592 g/mol. The Morgan fingerprint density at radius 3 is 2.33 bits per heavy atom. The molecule has 5 heteroatoms. The Bertz CT molecular complexity index is 1640. The summed E-state index contributed by atoms with van der Waals surface area (Å²) in [5, 5.41) is 13.2. The van der Waals surface area contributed by atoms with Gasteiger partial charge in [-0.2, -0.15) is 0 Å². The molecule has 0 unspecified atom stereocenters. The monoisotopic (exact) mass is 648 g/mol. The van der Waals surface area contributed by atoms with Gasteiger partial charge in [0.15, 0.2) is 0 Å². The molecule has 5 aliphatic rings. The number of nitrogens with one attached hydrogen (secondary N) is 1. The standard InChI is InChI=1S/C43H56N2O3/c1-27(2)31-16-21-43(45-36(46)25-28-9-8-24-44-26-28)23-22-41(6)33(37(31)43)14-15-35-40(5)19-17-32(29-10-12-30(13-11-29)38(47)48)39(3,4)34(40)18-20-42(35,41)7/h8-13,17,24,26,31,33-35,37H,1,14-16,18-23,25H2,2-7H3,(H,45,46)(H,47,48)/t31-,33+,34-,35+,37+,40-,41+,42+,43-/m0/s1. The molecule has 0 bridgehead atoms. The van der Waals surface area contributed by atoms with Gasteiger partial charge in [-0.05, 0) is 151 Å². The number of hydrogen-bond donors (Lipinski definition) is 2. The molecule has 5 nitrogen and oxygen atoms in total. The fraction of sp³-hybridized carbons (Fsp3) is 0.605. The van der Waals surface area contributed by atoms with Gasteiger partial charge >= 0.3 is 5.97 Å². The van der Waals surface area contributed by atoms with Crippen LogP contribution in [0, 0.1) is 51.2 Å². The first-order valence-electron chi connectivity index (χ1n) is 18.6. The summed E-state index contributed by atoms with van der Waals surface area (Å²) in [6.07, 6.45) is 16.9. The Hall–Kier alpha value is -3.21. The number of benzene rings is 1. The highest BCUT2D eigenvalue weighted by Gasteiger charge is 2.70. The predicted octanol–water partition coefficient (Wildman–Crippen LogP) is 9.54. The normalized spacial score (nSPS) is 39.5. The number of fused-ring (bicyclic) bond motifs is 7. The second kappa shape index (κ2) is 11.4. The van der Waals surface area contributed by atoms with E-state index in [-0.39, 0.29) is 33.1 Å². The Morgan fingerprint density at radius 1 is 0.917 bits per heavy atom. The van der Waals surface area contributed by atoms with Crippen LogP contribution in [0.3, 0.4) is 0 Å². The van der Waals surface area contributed by atoms with Crippen molar-refractivity contribution in [1.82, 2.24) is 10.3 Å². The van der Waals surface area contributed by atoms with Crippen molar-refractivity contribution in [1.29, 1.82) is 0 Å². The topological polar surface area (TPSA) is 79.3 Å². The summed E-state index contributed by atoms with van der Waals surface area (Å²) in [6, 6.07) is 11.5. The maximum Gasteiger partial charge on any atom is 0.335 e. The molecule has 5 aliphatic carbocycles. The van der Waals surface area contributed by atoms with Gasteiger partial charge in [0, 0.05) is 17.9 Å². The van der Waals surface area contributed by atoms with E-state index >= 15 is 0 Å². The molecule has 4 fully saturated rings. The largest absolute Gasteiger partial charge is 0.478 e. The highest BCUT2D eigenvalue weighted by molar-refractivity contribution is 5.88. The fourth-order valence-corrected chi connectivity index (χ4v) is 13.3. The zero-order valence-electron chi connectivity index (χ0n) is 30.1. The van der Waals surface area contributed by atoms with Gasteiger partial charge in [0.1, 0.15) is 0 Å². The van der Waals surface area contributed by atoms with E-state index in [1.54, 1.807) is 18.3 Å². The molecule has 1 aromatic heterocycles. The first-order chi connectivity index (χ1) is 22.7. The zero-order chi connectivity index (χ0) is 34.3. The minimum absolute atomic E-state index is 0.00635. The number of nitrogens with zero attached hydrogens (tertiary/aromatic N) is 1. The molecule has 7 rings (SSSR count). The number of carboxylic acids is 1. The number of pyridine rings is 1. The Kier molecular flexibility index (Phi) is 7.92. The smallest absolute Gasteiger partial charge is 0.335 e. The number of aromatic nitrogens is 1. The zero-order valence-corrected chi connectivity index (χ0v) is 30.1. The van der Waals surface area contributed by atoms with E-state index in [0.717, 1.165) is 36.8 Å². The molecule has 256 valence electrons. The second-order valence-corrected chi connectivity index (χ2v) is 17.9. The van der Waals surface area contributed by atoms with Crippen LogP contribution in [-0.4, -0.2) is 27.5 Å². The number of carbonyl (C=O) groups excluding carboxylic acids is 1. The summed E-state index contributed by atoms with van der Waals surface area (Å²) in [5.41, 5.74) is 5.61. The van der Waals surface area contributed by atoms with Crippen molar-refractivity contribution in [2.45, 2.75) is 111 Å². The van der Waals surface area contributed by atoms with Crippen LogP contribution >= 0.6 is 0 Å². The van der Waals surface area contributed by atoms with E-state index in [9.17, 15) is 14.7 Å². The third kappa shape index (κ3) is 4.80. The molecule has 48 heavy (non-hydrogen) atoms. The van der Waals surface area contributed by atoms with Gasteiger partial charge in [0.2, 0.25) is 5.91 Å². The average molecular weight is 649 g/mol. The van der Waals surface area contributed by atoms with E-state index in [2.05, 4.69) is 64.5 Å². The van der Waals surface area contributed by atoms with Gasteiger partial charge in [0.05, 0.1) is 12.0 Å². The lowest BCUT2D eigenvalue weighted by atomic mass is 9.33. The SMILES string of the molecule is C=C(C)[C@@H]1CC[C@]2(NC(=O)Cc3cccnc3)CC[C@]3(C)[C@H](CC[C@@H]4[C@@]5(C)CC=C(c6ccc(C(=O)O)cc6)C(C)(C)[C@@H]5CC[C@]43C)[C@@H]12. The first-order valence-corrected chi connectivity index (χ1v) is 18.6. The van der Waals surface area contributed by atoms with E-state index in [1.165, 1.54) is 43.3 Å². The van der Waals surface area contributed by atoms with E-state index in [0.29, 0.717) is 41.6 Å². The summed E-state index contributed by atoms with van der Waals surface area (Å²) in [6.45, 7) is 19.6. The summed E-state index contributed by atoms with van der Waals surface area (Å²) < 4.78 is 0.